The molecule has 0 spiro atoms. The predicted octanol–water partition coefficient (Wildman–Crippen LogP) is 10.1. The second-order valence-electron chi connectivity index (χ2n) is 25.4. The summed E-state index contributed by atoms with van der Waals surface area (Å²) in [5, 5.41) is 21.5. The molecule has 9 fully saturated rings. The Morgan fingerprint density at radius 2 is 0.897 bits per heavy atom. The molecule has 3 amide bonds. The van der Waals surface area contributed by atoms with Crippen LogP contribution in [-0.2, 0) is 32.4 Å². The number of hydrogen-bond donors (Lipinski definition) is 1. The number of piperidine rings is 9. The van der Waals surface area contributed by atoms with E-state index < -0.39 is 0 Å². The van der Waals surface area contributed by atoms with Crippen molar-refractivity contribution in [1.82, 2.24) is 59.2 Å². The summed E-state index contributed by atoms with van der Waals surface area (Å²) in [5.74, 6) is 4.02. The summed E-state index contributed by atoms with van der Waals surface area (Å²) in [6.07, 6.45) is 9.63. The summed E-state index contributed by atoms with van der Waals surface area (Å²) in [6, 6.07) is 28.5. The van der Waals surface area contributed by atoms with Crippen molar-refractivity contribution in [2.75, 3.05) is 92.8 Å². The molecule has 0 saturated carbocycles. The van der Waals surface area contributed by atoms with E-state index >= 15 is 0 Å². The molecule has 87 heavy (non-hydrogen) atoms. The fourth-order valence-corrected chi connectivity index (χ4v) is 17.2. The van der Waals surface area contributed by atoms with Gasteiger partial charge >= 0.3 is 0 Å². The Hall–Kier alpha value is -6.54. The van der Waals surface area contributed by atoms with Crippen molar-refractivity contribution in [2.45, 2.75) is 89.0 Å². The number of fused-ring (bicyclic) bond motifs is 9. The van der Waals surface area contributed by atoms with Crippen LogP contribution >= 0.6 is 39.1 Å². The van der Waals surface area contributed by atoms with E-state index in [0.29, 0.717) is 59.0 Å². The van der Waals surface area contributed by atoms with Crippen molar-refractivity contribution in [3.8, 4) is 11.5 Å². The topological polar surface area (TPSA) is 153 Å². The van der Waals surface area contributed by atoms with Crippen molar-refractivity contribution in [2.24, 2.45) is 17.8 Å². The lowest BCUT2D eigenvalue weighted by Crippen LogP contribution is -2.58. The average Bonchev–Trinajstić information content (AvgIpc) is 1.99. The lowest BCUT2D eigenvalue weighted by atomic mass is 9.83. The van der Waals surface area contributed by atoms with Crippen LogP contribution in [0.1, 0.15) is 97.8 Å². The van der Waals surface area contributed by atoms with E-state index in [2.05, 4.69) is 67.7 Å². The Bertz CT molecular complexity index is 3770. The second-order valence-corrected chi connectivity index (χ2v) is 27.1. The molecule has 20 rings (SSSR count). The number of H-pyrrole nitrogens is 1. The highest BCUT2D eigenvalue weighted by molar-refractivity contribution is 9.10. The van der Waals surface area contributed by atoms with E-state index in [1.807, 2.05) is 76.1 Å². The molecule has 3 aromatic heterocycles. The van der Waals surface area contributed by atoms with Crippen LogP contribution in [-0.4, -0.2) is 188 Å². The van der Waals surface area contributed by atoms with Crippen LogP contribution in [0.15, 0.2) is 89.4 Å². The molecule has 452 valence electrons. The number of aromatic nitrogens is 6. The Labute approximate surface area is 524 Å². The summed E-state index contributed by atoms with van der Waals surface area (Å²) >= 11 is 16.7. The van der Waals surface area contributed by atoms with Gasteiger partial charge in [-0.05, 0) is 183 Å². The quantitative estimate of drug-likeness (QED) is 0.147. The maximum atomic E-state index is 13.8. The van der Waals surface area contributed by atoms with Crippen molar-refractivity contribution in [3.63, 3.8) is 0 Å². The van der Waals surface area contributed by atoms with Crippen LogP contribution in [0.25, 0.3) is 32.7 Å². The summed E-state index contributed by atoms with van der Waals surface area (Å²) < 4.78 is 15.5. The number of rotatable bonds is 9. The zero-order valence-corrected chi connectivity index (χ0v) is 52.5. The van der Waals surface area contributed by atoms with E-state index in [0.717, 1.165) is 152 Å². The third-order valence-electron chi connectivity index (χ3n) is 20.9. The second kappa shape index (κ2) is 23.4. The molecular weight excluding hydrogens is 1200 g/mol. The highest BCUT2D eigenvalue weighted by Gasteiger charge is 2.44. The van der Waals surface area contributed by atoms with Gasteiger partial charge in [0.25, 0.3) is 17.7 Å². The van der Waals surface area contributed by atoms with E-state index in [1.54, 1.807) is 20.3 Å². The first-order chi connectivity index (χ1) is 42.5. The molecule has 8 aromatic rings. The number of nitrogens with one attached hydrogen (secondary N) is 1. The van der Waals surface area contributed by atoms with Crippen LogP contribution in [0, 0.1) is 17.8 Å². The van der Waals surface area contributed by atoms with Gasteiger partial charge in [0.15, 0.2) is 0 Å². The van der Waals surface area contributed by atoms with Crippen molar-refractivity contribution in [3.05, 3.63) is 144 Å². The van der Waals surface area contributed by atoms with Gasteiger partial charge in [-0.25, -0.2) is 0 Å². The standard InChI is InChI=1S/C25H27BrN4O2.C25H27ClN4O2.C17H19ClN4O/c2*1-32-18-4-2-16(3-5-18)14-30-24-20(26)7-6-19-23(24)21(27-30)10-13-29(25(19)31)22-15-28-11-8-17(22)9-12-28;18-12-2-1-11-15-13(19-20-16(12)15)5-8-22(17(11)23)14-9-21-6-3-10(14)4-7-21/h2*2-7,17,22H,8-15H2,1H3;1-2,10,14H,3-9H2,(H,19,20)/t2*22-;14-/m111/s1. The van der Waals surface area contributed by atoms with Crippen LogP contribution in [0.2, 0.25) is 10.0 Å². The lowest BCUT2D eigenvalue weighted by molar-refractivity contribution is 0.00796. The van der Waals surface area contributed by atoms with Gasteiger partial charge in [0, 0.05) is 103 Å². The minimum Gasteiger partial charge on any atom is -0.497 e. The molecule has 0 unspecified atom stereocenters. The number of benzene rings is 5. The first kappa shape index (κ1) is 56.9. The molecule has 12 aliphatic rings. The summed E-state index contributed by atoms with van der Waals surface area (Å²) in [4.78, 5) is 54.7. The lowest BCUT2D eigenvalue weighted by Gasteiger charge is -2.49. The molecule has 0 radical (unpaired) electrons. The molecule has 9 saturated heterocycles. The van der Waals surface area contributed by atoms with Crippen LogP contribution in [0.5, 0.6) is 11.5 Å². The van der Waals surface area contributed by atoms with Gasteiger partial charge < -0.3 is 38.9 Å². The Balaban J connectivity index is 0.000000112. The first-order valence-electron chi connectivity index (χ1n) is 31.3. The number of halogens is 3. The third-order valence-corrected chi connectivity index (χ3v) is 22.1. The van der Waals surface area contributed by atoms with E-state index in [9.17, 15) is 14.4 Å². The van der Waals surface area contributed by atoms with Gasteiger partial charge in [0.1, 0.15) is 17.0 Å². The van der Waals surface area contributed by atoms with E-state index in [1.165, 1.54) is 77.8 Å². The Morgan fingerprint density at radius 1 is 0.494 bits per heavy atom. The average molecular weight is 1280 g/mol. The minimum atomic E-state index is 0.133. The number of hydrogen-bond acceptors (Lipinski definition) is 11. The number of carbonyl (C=O) groups is 3. The van der Waals surface area contributed by atoms with E-state index in [4.69, 9.17) is 42.9 Å². The number of nitrogens with zero attached hydrogens (tertiary/aromatic N) is 11. The molecule has 15 heterocycles. The molecule has 12 aliphatic heterocycles. The van der Waals surface area contributed by atoms with Crippen molar-refractivity contribution < 1.29 is 23.9 Å². The molecule has 3 atom stereocenters. The summed E-state index contributed by atoms with van der Waals surface area (Å²) in [5.41, 5.74) is 10.2. The number of methoxy groups -OCH3 is 2. The number of carbonyl (C=O) groups excluding carboxylic acids is 3. The highest BCUT2D eigenvalue weighted by atomic mass is 79.9. The van der Waals surface area contributed by atoms with E-state index in [-0.39, 0.29) is 17.7 Å². The number of aromatic amines is 1. The largest absolute Gasteiger partial charge is 0.497 e. The van der Waals surface area contributed by atoms with Gasteiger partial charge in [-0.1, -0.05) is 47.5 Å². The molecule has 1 N–H and O–H groups in total. The maximum Gasteiger partial charge on any atom is 0.254 e. The first-order valence-corrected chi connectivity index (χ1v) is 32.9. The molecule has 5 aromatic carbocycles. The van der Waals surface area contributed by atoms with Crippen molar-refractivity contribution in [1.29, 1.82) is 0 Å². The molecular formula is C67H73BrCl2N12O5. The number of amides is 3. The van der Waals surface area contributed by atoms with Crippen LogP contribution in [0.3, 0.4) is 0 Å². The third kappa shape index (κ3) is 10.4. The summed E-state index contributed by atoms with van der Waals surface area (Å²) in [6.45, 7) is 13.6. The zero-order valence-electron chi connectivity index (χ0n) is 49.4. The van der Waals surface area contributed by atoms with Gasteiger partial charge in [0.05, 0.1) is 76.5 Å². The summed E-state index contributed by atoms with van der Waals surface area (Å²) in [7, 11) is 3.34. The van der Waals surface area contributed by atoms with Gasteiger partial charge in [-0.15, -0.1) is 0 Å². The maximum absolute atomic E-state index is 13.8. The SMILES string of the molecule is COc1ccc(Cn2nc3c4c(ccc(Br)c42)C(=O)N([C@@H]2CN4CCC2CC4)CC3)cc1.COc1ccc(Cn2nc3c4c(ccc(Cl)c42)C(=O)N([C@@H]2CN4CCC2CC4)CC3)cc1.O=C1c2ccc(Cl)c3n[nH]c(c23)CCN1[C@@H]1CN2CCC1CC2. The smallest absolute Gasteiger partial charge is 0.254 e. The van der Waals surface area contributed by atoms with Gasteiger partial charge in [0.2, 0.25) is 0 Å². The predicted molar refractivity (Wildman–Crippen MR) is 341 cm³/mol. The minimum absolute atomic E-state index is 0.133. The molecule has 6 bridgehead atoms. The van der Waals surface area contributed by atoms with Crippen LogP contribution < -0.4 is 9.47 Å². The Kier molecular flexibility index (Phi) is 15.3. The zero-order chi connectivity index (χ0) is 59.2. The van der Waals surface area contributed by atoms with Crippen LogP contribution in [0.4, 0.5) is 0 Å². The highest BCUT2D eigenvalue weighted by Crippen LogP contribution is 2.41. The van der Waals surface area contributed by atoms with Crippen molar-refractivity contribution >= 4 is 89.6 Å². The molecule has 0 aliphatic carbocycles. The number of ether oxygens (including phenoxy) is 2. The normalized spacial score (nSPS) is 26.1. The van der Waals surface area contributed by atoms with Gasteiger partial charge in [-0.3, -0.25) is 28.8 Å². The molecule has 20 heteroatoms. The fourth-order valence-electron chi connectivity index (χ4n) is 16.2. The monoisotopic (exact) mass is 1270 g/mol. The Morgan fingerprint density at radius 3 is 1.33 bits per heavy atom. The molecule has 17 nitrogen and oxygen atoms in total. The fraction of sp³-hybridized carbons (Fsp3) is 0.463. The van der Waals surface area contributed by atoms with Gasteiger partial charge in [-0.2, -0.15) is 15.3 Å².